The summed E-state index contributed by atoms with van der Waals surface area (Å²) in [5.74, 6) is 0. The zero-order valence-electron chi connectivity index (χ0n) is 9.38. The average Bonchev–Trinajstić information content (AvgIpc) is 2.03. The van der Waals surface area contributed by atoms with Crippen molar-refractivity contribution in [1.29, 1.82) is 0 Å². The van der Waals surface area contributed by atoms with Crippen molar-refractivity contribution >= 4 is 0 Å². The van der Waals surface area contributed by atoms with E-state index in [9.17, 15) is 0 Å². The molecular formula is C11H22N2. The van der Waals surface area contributed by atoms with E-state index in [2.05, 4.69) is 37.8 Å². The molecule has 0 aromatic heterocycles. The maximum absolute atomic E-state index is 2.60. The molecule has 76 valence electrons. The fourth-order valence-electron chi connectivity index (χ4n) is 3.13. The highest BCUT2D eigenvalue weighted by Crippen LogP contribution is 2.38. The van der Waals surface area contributed by atoms with E-state index in [0.717, 1.165) is 12.1 Å². The molecule has 2 heterocycles. The Hall–Kier alpha value is -0.0800. The molecule has 2 heteroatoms. The second kappa shape index (κ2) is 2.96. The first-order valence-corrected chi connectivity index (χ1v) is 5.52. The Morgan fingerprint density at radius 3 is 1.69 bits per heavy atom. The summed E-state index contributed by atoms with van der Waals surface area (Å²) < 4.78 is 0. The topological polar surface area (TPSA) is 6.48 Å². The van der Waals surface area contributed by atoms with Gasteiger partial charge < -0.3 is 0 Å². The normalized spacial score (nSPS) is 36.9. The molecule has 1 saturated carbocycles. The van der Waals surface area contributed by atoms with Gasteiger partial charge in [-0.25, -0.2) is 10.0 Å². The van der Waals surface area contributed by atoms with Crippen LogP contribution in [0.5, 0.6) is 0 Å². The van der Waals surface area contributed by atoms with Gasteiger partial charge in [0.1, 0.15) is 0 Å². The zero-order chi connectivity index (χ0) is 9.64. The highest BCUT2D eigenvalue weighted by Gasteiger charge is 2.42. The molecule has 2 saturated heterocycles. The van der Waals surface area contributed by atoms with Gasteiger partial charge in [-0.05, 0) is 46.5 Å². The lowest BCUT2D eigenvalue weighted by molar-refractivity contribution is -0.187. The van der Waals surface area contributed by atoms with Crippen LogP contribution in [0, 0.1) is 0 Å². The van der Waals surface area contributed by atoms with Gasteiger partial charge in [-0.3, -0.25) is 0 Å². The van der Waals surface area contributed by atoms with Gasteiger partial charge in [-0.1, -0.05) is 0 Å². The molecule has 13 heavy (non-hydrogen) atoms. The van der Waals surface area contributed by atoms with Crippen molar-refractivity contribution in [2.75, 3.05) is 7.05 Å². The van der Waals surface area contributed by atoms with Gasteiger partial charge in [0, 0.05) is 24.7 Å². The van der Waals surface area contributed by atoms with Crippen LogP contribution in [0.2, 0.25) is 0 Å². The Balaban J connectivity index is 2.19. The van der Waals surface area contributed by atoms with Gasteiger partial charge in [-0.15, -0.1) is 0 Å². The number of nitrogens with zero attached hydrogens (tertiary/aromatic N) is 2. The van der Waals surface area contributed by atoms with Crippen LogP contribution < -0.4 is 0 Å². The predicted octanol–water partition coefficient (Wildman–Crippen LogP) is 2.26. The second-order valence-corrected chi connectivity index (χ2v) is 5.55. The highest BCUT2D eigenvalue weighted by atomic mass is 15.7. The fourth-order valence-corrected chi connectivity index (χ4v) is 3.13. The molecule has 0 spiro atoms. The van der Waals surface area contributed by atoms with Crippen molar-refractivity contribution < 1.29 is 0 Å². The molecule has 3 aliphatic rings. The summed E-state index contributed by atoms with van der Waals surface area (Å²) in [6.07, 6.45) is 5.64. The number of hydrogen-bond donors (Lipinski definition) is 0. The summed E-state index contributed by atoms with van der Waals surface area (Å²) in [7, 11) is 2.27. The smallest absolute Gasteiger partial charge is 0.0275 e. The lowest BCUT2D eigenvalue weighted by Gasteiger charge is -2.57. The molecule has 0 aromatic carbocycles. The van der Waals surface area contributed by atoms with Gasteiger partial charge in [0.15, 0.2) is 0 Å². The van der Waals surface area contributed by atoms with E-state index >= 15 is 0 Å². The van der Waals surface area contributed by atoms with E-state index in [1.54, 1.807) is 0 Å². The number of fused-ring (bicyclic) bond motifs is 3. The van der Waals surface area contributed by atoms with E-state index in [1.165, 1.54) is 25.7 Å². The molecule has 0 radical (unpaired) electrons. The van der Waals surface area contributed by atoms with Crippen LogP contribution in [0.4, 0.5) is 0 Å². The van der Waals surface area contributed by atoms with Crippen LogP contribution in [-0.2, 0) is 0 Å². The first-order valence-electron chi connectivity index (χ1n) is 5.52. The first kappa shape index (κ1) is 9.47. The van der Waals surface area contributed by atoms with Crippen molar-refractivity contribution in [3.05, 3.63) is 0 Å². The monoisotopic (exact) mass is 182 g/mol. The molecule has 0 aromatic rings. The summed E-state index contributed by atoms with van der Waals surface area (Å²) >= 11 is 0. The maximum Gasteiger partial charge on any atom is 0.0275 e. The first-order chi connectivity index (χ1) is 6.00. The van der Waals surface area contributed by atoms with E-state index in [4.69, 9.17) is 0 Å². The molecule has 0 amide bonds. The predicted molar refractivity (Wildman–Crippen MR) is 55.4 cm³/mol. The van der Waals surface area contributed by atoms with Crippen LogP contribution in [0.1, 0.15) is 46.5 Å². The number of hydrogen-bond acceptors (Lipinski definition) is 2. The molecule has 2 aliphatic heterocycles. The zero-order valence-corrected chi connectivity index (χ0v) is 9.38. The molecule has 3 fully saturated rings. The van der Waals surface area contributed by atoms with Gasteiger partial charge in [-0.2, -0.15) is 0 Å². The van der Waals surface area contributed by atoms with Crippen LogP contribution >= 0.6 is 0 Å². The van der Waals surface area contributed by atoms with Crippen molar-refractivity contribution in [3.63, 3.8) is 0 Å². The summed E-state index contributed by atoms with van der Waals surface area (Å²) in [5, 5.41) is 5.10. The highest BCUT2D eigenvalue weighted by molar-refractivity contribution is 4.93. The van der Waals surface area contributed by atoms with Gasteiger partial charge in [0.2, 0.25) is 0 Å². The van der Waals surface area contributed by atoms with Gasteiger partial charge >= 0.3 is 0 Å². The Kier molecular flexibility index (Phi) is 2.16. The standard InChI is InChI=1S/C11H22N2/c1-11(2,3)13-10-7-5-9(6-8-10)12(13)4/h9-10H,5-8H2,1-4H3. The summed E-state index contributed by atoms with van der Waals surface area (Å²) in [5.41, 5.74) is 0.304. The molecule has 0 unspecified atom stereocenters. The summed E-state index contributed by atoms with van der Waals surface area (Å²) in [4.78, 5) is 0. The van der Waals surface area contributed by atoms with Crippen LogP contribution in [0.25, 0.3) is 0 Å². The molecule has 2 nitrogen and oxygen atoms in total. The third-order valence-electron chi connectivity index (χ3n) is 3.57. The third-order valence-corrected chi connectivity index (χ3v) is 3.57. The molecule has 0 N–H and O–H groups in total. The van der Waals surface area contributed by atoms with Gasteiger partial charge in [0.05, 0.1) is 0 Å². The van der Waals surface area contributed by atoms with Crippen molar-refractivity contribution in [2.45, 2.75) is 64.1 Å². The van der Waals surface area contributed by atoms with Crippen molar-refractivity contribution in [2.24, 2.45) is 0 Å². The Morgan fingerprint density at radius 1 is 0.923 bits per heavy atom. The SMILES string of the molecule is CN1C2CCC(CC2)N1C(C)(C)C. The lowest BCUT2D eigenvalue weighted by atomic mass is 9.85. The summed E-state index contributed by atoms with van der Waals surface area (Å²) in [6.45, 7) is 6.97. The average molecular weight is 182 g/mol. The number of rotatable bonds is 0. The van der Waals surface area contributed by atoms with Crippen molar-refractivity contribution in [1.82, 2.24) is 10.0 Å². The van der Waals surface area contributed by atoms with E-state index in [-0.39, 0.29) is 0 Å². The minimum absolute atomic E-state index is 0.304. The largest absolute Gasteiger partial charge is 0.241 e. The van der Waals surface area contributed by atoms with E-state index < -0.39 is 0 Å². The lowest BCUT2D eigenvalue weighted by Crippen LogP contribution is -2.65. The third kappa shape index (κ3) is 1.50. The Labute approximate surface area is 81.9 Å². The van der Waals surface area contributed by atoms with Crippen LogP contribution in [-0.4, -0.2) is 34.7 Å². The quantitative estimate of drug-likeness (QED) is 0.567. The van der Waals surface area contributed by atoms with Crippen LogP contribution in [0.3, 0.4) is 0 Å². The Morgan fingerprint density at radius 2 is 1.38 bits per heavy atom. The maximum atomic E-state index is 2.60. The summed E-state index contributed by atoms with van der Waals surface area (Å²) in [6, 6.07) is 1.64. The van der Waals surface area contributed by atoms with E-state index in [1.807, 2.05) is 0 Å². The molecule has 2 bridgehead atoms. The minimum atomic E-state index is 0.304. The second-order valence-electron chi connectivity index (χ2n) is 5.55. The molecule has 3 rings (SSSR count). The van der Waals surface area contributed by atoms with Gasteiger partial charge in [0.25, 0.3) is 0 Å². The molecular weight excluding hydrogens is 160 g/mol. The Bertz CT molecular complexity index is 185. The molecule has 0 atom stereocenters. The fraction of sp³-hybridized carbons (Fsp3) is 1.00. The van der Waals surface area contributed by atoms with Crippen molar-refractivity contribution in [3.8, 4) is 0 Å². The number of hydrazine groups is 1. The molecule has 1 aliphatic carbocycles. The minimum Gasteiger partial charge on any atom is -0.241 e. The van der Waals surface area contributed by atoms with Crippen LogP contribution in [0.15, 0.2) is 0 Å². The van der Waals surface area contributed by atoms with E-state index in [0.29, 0.717) is 5.54 Å².